The van der Waals surface area contributed by atoms with Gasteiger partial charge in [0.25, 0.3) is 0 Å². The van der Waals surface area contributed by atoms with Crippen LogP contribution in [0, 0.1) is 11.3 Å². The Kier molecular flexibility index (Phi) is 3.14. The van der Waals surface area contributed by atoms with Crippen molar-refractivity contribution >= 4 is 11.9 Å². The van der Waals surface area contributed by atoms with Gasteiger partial charge in [-0.3, -0.25) is 9.59 Å². The van der Waals surface area contributed by atoms with Crippen LogP contribution < -0.4 is 10.6 Å². The zero-order valence-electron chi connectivity index (χ0n) is 9.54. The number of hydrogen-bond donors (Lipinski definition) is 2. The van der Waals surface area contributed by atoms with Crippen LogP contribution in [0.4, 0.5) is 0 Å². The standard InChI is InChI=1S/C11H18N2O3/c1-16-9(14)2-3-13-10(15)8-4-11(5-8)6-12-7-11/h8,12H,2-7H2,1H3,(H,13,15). The lowest BCUT2D eigenvalue weighted by Crippen LogP contribution is -2.62. The molecule has 0 radical (unpaired) electrons. The van der Waals surface area contributed by atoms with Crippen molar-refractivity contribution in [2.75, 3.05) is 26.7 Å². The van der Waals surface area contributed by atoms with Crippen molar-refractivity contribution in [2.45, 2.75) is 19.3 Å². The Morgan fingerprint density at radius 2 is 2.12 bits per heavy atom. The molecular weight excluding hydrogens is 208 g/mol. The molecule has 1 saturated heterocycles. The van der Waals surface area contributed by atoms with E-state index in [0.29, 0.717) is 12.0 Å². The highest BCUT2D eigenvalue weighted by Gasteiger charge is 2.50. The van der Waals surface area contributed by atoms with Gasteiger partial charge in [0.15, 0.2) is 0 Å². The molecular formula is C11H18N2O3. The first-order valence-electron chi connectivity index (χ1n) is 5.70. The maximum Gasteiger partial charge on any atom is 0.307 e. The SMILES string of the molecule is COC(=O)CCNC(=O)C1CC2(CNC2)C1. The van der Waals surface area contributed by atoms with Gasteiger partial charge in [-0.15, -0.1) is 0 Å². The molecule has 90 valence electrons. The highest BCUT2D eigenvalue weighted by atomic mass is 16.5. The van der Waals surface area contributed by atoms with Gasteiger partial charge in [0.2, 0.25) is 5.91 Å². The number of nitrogens with one attached hydrogen (secondary N) is 2. The van der Waals surface area contributed by atoms with E-state index in [-0.39, 0.29) is 24.2 Å². The molecule has 1 spiro atoms. The zero-order chi connectivity index (χ0) is 11.6. The topological polar surface area (TPSA) is 67.4 Å². The van der Waals surface area contributed by atoms with Crippen molar-refractivity contribution in [3.8, 4) is 0 Å². The number of esters is 1. The van der Waals surface area contributed by atoms with Gasteiger partial charge in [-0.1, -0.05) is 0 Å². The van der Waals surface area contributed by atoms with E-state index in [4.69, 9.17) is 0 Å². The van der Waals surface area contributed by atoms with Crippen LogP contribution in [0.5, 0.6) is 0 Å². The van der Waals surface area contributed by atoms with Crippen molar-refractivity contribution in [2.24, 2.45) is 11.3 Å². The molecule has 2 N–H and O–H groups in total. The van der Waals surface area contributed by atoms with Crippen LogP contribution in [-0.4, -0.2) is 38.6 Å². The first kappa shape index (κ1) is 11.4. The van der Waals surface area contributed by atoms with E-state index in [1.807, 2.05) is 0 Å². The van der Waals surface area contributed by atoms with Crippen LogP contribution in [0.25, 0.3) is 0 Å². The summed E-state index contributed by atoms with van der Waals surface area (Å²) in [5.41, 5.74) is 0.421. The maximum absolute atomic E-state index is 11.6. The van der Waals surface area contributed by atoms with Gasteiger partial charge in [0, 0.05) is 25.6 Å². The largest absolute Gasteiger partial charge is 0.469 e. The van der Waals surface area contributed by atoms with Crippen molar-refractivity contribution in [3.63, 3.8) is 0 Å². The number of rotatable bonds is 4. The minimum atomic E-state index is -0.284. The predicted molar refractivity (Wildman–Crippen MR) is 57.7 cm³/mol. The average molecular weight is 226 g/mol. The fourth-order valence-corrected chi connectivity index (χ4v) is 2.47. The van der Waals surface area contributed by atoms with Gasteiger partial charge in [-0.25, -0.2) is 0 Å². The van der Waals surface area contributed by atoms with Crippen LogP contribution in [-0.2, 0) is 14.3 Å². The fraction of sp³-hybridized carbons (Fsp3) is 0.818. The van der Waals surface area contributed by atoms with Crippen LogP contribution in [0.2, 0.25) is 0 Å². The molecule has 1 heterocycles. The molecule has 1 amide bonds. The Balaban J connectivity index is 1.60. The van der Waals surface area contributed by atoms with E-state index in [9.17, 15) is 9.59 Å². The molecule has 0 bridgehead atoms. The maximum atomic E-state index is 11.6. The molecule has 2 fully saturated rings. The molecule has 0 aromatic heterocycles. The van der Waals surface area contributed by atoms with Crippen molar-refractivity contribution < 1.29 is 14.3 Å². The molecule has 0 unspecified atom stereocenters. The van der Waals surface area contributed by atoms with E-state index < -0.39 is 0 Å². The van der Waals surface area contributed by atoms with Crippen LogP contribution in [0.15, 0.2) is 0 Å². The third-order valence-corrected chi connectivity index (χ3v) is 3.59. The summed E-state index contributed by atoms with van der Waals surface area (Å²) in [4.78, 5) is 22.5. The monoisotopic (exact) mass is 226 g/mol. The smallest absolute Gasteiger partial charge is 0.307 e. The summed E-state index contributed by atoms with van der Waals surface area (Å²) in [5.74, 6) is -0.0465. The second-order valence-corrected chi connectivity index (χ2v) is 4.83. The fourth-order valence-electron chi connectivity index (χ4n) is 2.47. The van der Waals surface area contributed by atoms with E-state index in [1.165, 1.54) is 7.11 Å². The van der Waals surface area contributed by atoms with E-state index >= 15 is 0 Å². The molecule has 1 saturated carbocycles. The lowest BCUT2D eigenvalue weighted by atomic mass is 9.58. The number of ether oxygens (including phenoxy) is 1. The van der Waals surface area contributed by atoms with Gasteiger partial charge >= 0.3 is 5.97 Å². The molecule has 1 aliphatic heterocycles. The Labute approximate surface area is 94.9 Å². The first-order chi connectivity index (χ1) is 7.65. The summed E-state index contributed by atoms with van der Waals surface area (Å²) < 4.78 is 4.49. The van der Waals surface area contributed by atoms with Crippen molar-refractivity contribution in [1.29, 1.82) is 0 Å². The van der Waals surface area contributed by atoms with Gasteiger partial charge in [-0.2, -0.15) is 0 Å². The molecule has 5 nitrogen and oxygen atoms in total. The number of amides is 1. The Bertz CT molecular complexity index is 292. The molecule has 2 aliphatic rings. The quantitative estimate of drug-likeness (QED) is 0.644. The second-order valence-electron chi connectivity index (χ2n) is 4.83. The Hall–Kier alpha value is -1.10. The minimum Gasteiger partial charge on any atom is -0.469 e. The summed E-state index contributed by atoms with van der Waals surface area (Å²) in [6, 6.07) is 0. The summed E-state index contributed by atoms with van der Waals surface area (Å²) in [6.07, 6.45) is 2.23. The van der Waals surface area contributed by atoms with Crippen LogP contribution >= 0.6 is 0 Å². The van der Waals surface area contributed by atoms with Crippen LogP contribution in [0.1, 0.15) is 19.3 Å². The van der Waals surface area contributed by atoms with Crippen molar-refractivity contribution in [3.05, 3.63) is 0 Å². The number of methoxy groups -OCH3 is 1. The lowest BCUT2D eigenvalue weighted by Gasteiger charge is -2.53. The highest BCUT2D eigenvalue weighted by Crippen LogP contribution is 2.48. The van der Waals surface area contributed by atoms with E-state index in [1.54, 1.807) is 0 Å². The summed E-state index contributed by atoms with van der Waals surface area (Å²) in [5, 5.41) is 6.01. The second kappa shape index (κ2) is 4.41. The molecule has 16 heavy (non-hydrogen) atoms. The molecule has 0 aromatic carbocycles. The van der Waals surface area contributed by atoms with E-state index in [2.05, 4.69) is 15.4 Å². The molecule has 1 aliphatic carbocycles. The number of hydrogen-bond acceptors (Lipinski definition) is 4. The van der Waals surface area contributed by atoms with Crippen molar-refractivity contribution in [1.82, 2.24) is 10.6 Å². The summed E-state index contributed by atoms with van der Waals surface area (Å²) in [6.45, 7) is 2.49. The summed E-state index contributed by atoms with van der Waals surface area (Å²) in [7, 11) is 1.35. The Morgan fingerprint density at radius 3 is 2.62 bits per heavy atom. The normalized spacial score (nSPS) is 22.1. The van der Waals surface area contributed by atoms with E-state index in [0.717, 1.165) is 25.9 Å². The zero-order valence-corrected chi connectivity index (χ0v) is 9.54. The predicted octanol–water partition coefficient (Wildman–Crippen LogP) is -0.335. The number of carbonyl (C=O) groups is 2. The molecule has 0 aromatic rings. The minimum absolute atomic E-state index is 0.0847. The highest BCUT2D eigenvalue weighted by molar-refractivity contribution is 5.80. The third-order valence-electron chi connectivity index (χ3n) is 3.59. The Morgan fingerprint density at radius 1 is 1.44 bits per heavy atom. The average Bonchev–Trinajstić information content (AvgIpc) is 2.13. The van der Waals surface area contributed by atoms with Gasteiger partial charge in [0.1, 0.15) is 0 Å². The van der Waals surface area contributed by atoms with Gasteiger partial charge < -0.3 is 15.4 Å². The molecule has 2 rings (SSSR count). The lowest BCUT2D eigenvalue weighted by molar-refractivity contribution is -0.140. The van der Waals surface area contributed by atoms with Gasteiger partial charge in [-0.05, 0) is 18.3 Å². The first-order valence-corrected chi connectivity index (χ1v) is 5.70. The molecule has 0 atom stereocenters. The third kappa shape index (κ3) is 2.19. The van der Waals surface area contributed by atoms with Gasteiger partial charge in [0.05, 0.1) is 13.5 Å². The van der Waals surface area contributed by atoms with Crippen LogP contribution in [0.3, 0.4) is 0 Å². The molecule has 5 heteroatoms. The summed E-state index contributed by atoms with van der Waals surface area (Å²) >= 11 is 0. The number of carbonyl (C=O) groups excluding carboxylic acids is 2.